The molecule has 0 unspecified atom stereocenters. The summed E-state index contributed by atoms with van der Waals surface area (Å²) in [6, 6.07) is 6.44. The number of hydrogen-bond acceptors (Lipinski definition) is 1. The van der Waals surface area contributed by atoms with Gasteiger partial charge >= 0.3 is 0 Å². The minimum Gasteiger partial charge on any atom is -0.372 e. The molecule has 0 aliphatic carbocycles. The second kappa shape index (κ2) is 4.80. The first-order valence-corrected chi connectivity index (χ1v) is 4.88. The van der Waals surface area contributed by atoms with E-state index in [0.29, 0.717) is 0 Å². The molecule has 0 aliphatic rings. The van der Waals surface area contributed by atoms with Crippen molar-refractivity contribution in [3.63, 3.8) is 0 Å². The average Bonchev–Trinajstić information content (AvgIpc) is 2.20. The van der Waals surface area contributed by atoms with Crippen molar-refractivity contribution >= 4 is 5.70 Å². The van der Waals surface area contributed by atoms with E-state index in [4.69, 9.17) is 0 Å². The summed E-state index contributed by atoms with van der Waals surface area (Å²) < 4.78 is 12.7. The Hall–Kier alpha value is -1.31. The van der Waals surface area contributed by atoms with Crippen LogP contribution in [0.2, 0.25) is 0 Å². The molecule has 0 aliphatic heterocycles. The molecule has 0 saturated heterocycles. The van der Waals surface area contributed by atoms with Gasteiger partial charge in [-0.15, -0.1) is 0 Å². The van der Waals surface area contributed by atoms with Crippen LogP contribution in [0.25, 0.3) is 5.70 Å². The number of rotatable bonds is 4. The lowest BCUT2D eigenvalue weighted by molar-refractivity contribution is 0.443. The largest absolute Gasteiger partial charge is 0.372 e. The van der Waals surface area contributed by atoms with Crippen LogP contribution in [0.1, 0.15) is 19.4 Å². The van der Waals surface area contributed by atoms with Crippen molar-refractivity contribution in [3.8, 4) is 0 Å². The van der Waals surface area contributed by atoms with Gasteiger partial charge in [-0.05, 0) is 31.5 Å². The van der Waals surface area contributed by atoms with E-state index in [2.05, 4.69) is 25.3 Å². The zero-order valence-corrected chi connectivity index (χ0v) is 8.76. The normalized spacial score (nSPS) is 9.93. The molecule has 0 aromatic heterocycles. The minimum absolute atomic E-state index is 0.207. The molecule has 0 saturated carbocycles. The Morgan fingerprint density at radius 3 is 2.14 bits per heavy atom. The maximum Gasteiger partial charge on any atom is 0.123 e. The van der Waals surface area contributed by atoms with Crippen LogP contribution in [0.5, 0.6) is 0 Å². The maximum atomic E-state index is 12.7. The van der Waals surface area contributed by atoms with E-state index in [9.17, 15) is 4.39 Å². The van der Waals surface area contributed by atoms with E-state index < -0.39 is 0 Å². The van der Waals surface area contributed by atoms with Crippen molar-refractivity contribution in [2.45, 2.75) is 13.8 Å². The van der Waals surface area contributed by atoms with Gasteiger partial charge in [-0.2, -0.15) is 0 Å². The van der Waals surface area contributed by atoms with Gasteiger partial charge in [0.15, 0.2) is 0 Å². The molecule has 0 atom stereocenters. The molecular formula is C12H16FN. The highest BCUT2D eigenvalue weighted by atomic mass is 19.1. The molecule has 1 aromatic carbocycles. The Bertz CT molecular complexity index is 299. The van der Waals surface area contributed by atoms with Crippen LogP contribution in [-0.4, -0.2) is 18.0 Å². The SMILES string of the molecule is C=C(c1ccc(F)cc1)N(CC)CC. The molecule has 1 aromatic rings. The van der Waals surface area contributed by atoms with Gasteiger partial charge in [0.1, 0.15) is 5.82 Å². The Morgan fingerprint density at radius 1 is 1.21 bits per heavy atom. The van der Waals surface area contributed by atoms with Gasteiger partial charge in [-0.1, -0.05) is 18.7 Å². The van der Waals surface area contributed by atoms with E-state index in [0.717, 1.165) is 24.4 Å². The molecule has 0 radical (unpaired) electrons. The fourth-order valence-corrected chi connectivity index (χ4v) is 1.43. The van der Waals surface area contributed by atoms with Gasteiger partial charge in [0.25, 0.3) is 0 Å². The van der Waals surface area contributed by atoms with Crippen LogP contribution in [0.15, 0.2) is 30.8 Å². The third-order valence-electron chi connectivity index (χ3n) is 2.32. The molecule has 0 amide bonds. The van der Waals surface area contributed by atoms with Gasteiger partial charge in [0, 0.05) is 18.8 Å². The van der Waals surface area contributed by atoms with Crippen molar-refractivity contribution < 1.29 is 4.39 Å². The molecule has 0 N–H and O–H groups in total. The van der Waals surface area contributed by atoms with E-state index in [1.54, 1.807) is 12.1 Å². The molecular weight excluding hydrogens is 177 g/mol. The van der Waals surface area contributed by atoms with Gasteiger partial charge in [-0.25, -0.2) is 4.39 Å². The predicted octanol–water partition coefficient (Wildman–Crippen LogP) is 3.14. The first-order valence-electron chi connectivity index (χ1n) is 4.88. The van der Waals surface area contributed by atoms with Gasteiger partial charge in [-0.3, -0.25) is 0 Å². The van der Waals surface area contributed by atoms with Crippen molar-refractivity contribution in [2.75, 3.05) is 13.1 Å². The molecule has 1 rings (SSSR count). The molecule has 2 heteroatoms. The lowest BCUT2D eigenvalue weighted by atomic mass is 10.1. The third-order valence-corrected chi connectivity index (χ3v) is 2.32. The first-order chi connectivity index (χ1) is 6.69. The lowest BCUT2D eigenvalue weighted by Crippen LogP contribution is -2.20. The molecule has 0 fully saturated rings. The Labute approximate surface area is 84.9 Å². The zero-order chi connectivity index (χ0) is 10.6. The summed E-state index contributed by atoms with van der Waals surface area (Å²) in [6.45, 7) is 10.0. The standard InChI is InChI=1S/C12H16FN/c1-4-14(5-2)10(3)11-6-8-12(13)9-7-11/h6-9H,3-5H2,1-2H3. The molecule has 14 heavy (non-hydrogen) atoms. The van der Waals surface area contributed by atoms with Crippen LogP contribution in [-0.2, 0) is 0 Å². The molecule has 0 bridgehead atoms. The zero-order valence-electron chi connectivity index (χ0n) is 8.76. The summed E-state index contributed by atoms with van der Waals surface area (Å²) in [5.41, 5.74) is 1.94. The minimum atomic E-state index is -0.207. The summed E-state index contributed by atoms with van der Waals surface area (Å²) in [5.74, 6) is -0.207. The van der Waals surface area contributed by atoms with Crippen molar-refractivity contribution in [2.24, 2.45) is 0 Å². The fourth-order valence-electron chi connectivity index (χ4n) is 1.43. The highest BCUT2D eigenvalue weighted by Crippen LogP contribution is 2.16. The van der Waals surface area contributed by atoms with Crippen molar-refractivity contribution in [1.82, 2.24) is 4.90 Å². The fraction of sp³-hybridized carbons (Fsp3) is 0.333. The first kappa shape index (κ1) is 10.8. The summed E-state index contributed by atoms with van der Waals surface area (Å²) >= 11 is 0. The average molecular weight is 193 g/mol. The maximum absolute atomic E-state index is 12.7. The molecule has 0 spiro atoms. The number of benzene rings is 1. The number of nitrogens with zero attached hydrogens (tertiary/aromatic N) is 1. The number of hydrogen-bond donors (Lipinski definition) is 0. The van der Waals surface area contributed by atoms with E-state index in [1.807, 2.05) is 0 Å². The summed E-state index contributed by atoms with van der Waals surface area (Å²) in [4.78, 5) is 2.15. The Kier molecular flexibility index (Phi) is 3.69. The van der Waals surface area contributed by atoms with Crippen LogP contribution >= 0.6 is 0 Å². The van der Waals surface area contributed by atoms with E-state index in [-0.39, 0.29) is 5.82 Å². The van der Waals surface area contributed by atoms with Crippen molar-refractivity contribution in [3.05, 3.63) is 42.2 Å². The summed E-state index contributed by atoms with van der Waals surface area (Å²) in [6.07, 6.45) is 0. The van der Waals surface area contributed by atoms with Gasteiger partial charge in [0.2, 0.25) is 0 Å². The van der Waals surface area contributed by atoms with Gasteiger partial charge in [0.05, 0.1) is 0 Å². The molecule has 0 heterocycles. The second-order valence-corrected chi connectivity index (χ2v) is 3.13. The summed E-state index contributed by atoms with van der Waals surface area (Å²) in [7, 11) is 0. The van der Waals surface area contributed by atoms with E-state index >= 15 is 0 Å². The smallest absolute Gasteiger partial charge is 0.123 e. The Balaban J connectivity index is 2.83. The van der Waals surface area contributed by atoms with Crippen LogP contribution in [0.4, 0.5) is 4.39 Å². The number of halogens is 1. The van der Waals surface area contributed by atoms with Gasteiger partial charge < -0.3 is 4.90 Å². The Morgan fingerprint density at radius 2 is 1.71 bits per heavy atom. The summed E-state index contributed by atoms with van der Waals surface area (Å²) in [5, 5.41) is 0. The predicted molar refractivity (Wildman–Crippen MR) is 58.4 cm³/mol. The van der Waals surface area contributed by atoms with Crippen LogP contribution < -0.4 is 0 Å². The van der Waals surface area contributed by atoms with E-state index in [1.165, 1.54) is 12.1 Å². The highest BCUT2D eigenvalue weighted by molar-refractivity contribution is 5.61. The highest BCUT2D eigenvalue weighted by Gasteiger charge is 2.04. The molecule has 76 valence electrons. The molecule has 1 nitrogen and oxygen atoms in total. The monoisotopic (exact) mass is 193 g/mol. The van der Waals surface area contributed by atoms with Crippen molar-refractivity contribution in [1.29, 1.82) is 0 Å². The second-order valence-electron chi connectivity index (χ2n) is 3.13. The van der Waals surface area contributed by atoms with Crippen LogP contribution in [0, 0.1) is 5.82 Å². The third kappa shape index (κ3) is 2.34. The lowest BCUT2D eigenvalue weighted by Gasteiger charge is -2.23. The topological polar surface area (TPSA) is 3.24 Å². The quantitative estimate of drug-likeness (QED) is 0.710. The van der Waals surface area contributed by atoms with Crippen LogP contribution in [0.3, 0.4) is 0 Å².